The maximum absolute atomic E-state index is 11.3. The van der Waals surface area contributed by atoms with E-state index < -0.39 is 30.3 Å². The van der Waals surface area contributed by atoms with E-state index in [-0.39, 0.29) is 12.7 Å². The molecular formula is C12H22O8. The van der Waals surface area contributed by atoms with E-state index in [1.807, 2.05) is 13.8 Å². The molecule has 0 saturated carbocycles. The molecule has 20 heavy (non-hydrogen) atoms. The lowest BCUT2D eigenvalue weighted by Gasteiger charge is -2.18. The summed E-state index contributed by atoms with van der Waals surface area (Å²) in [6.45, 7) is 6.04. The Morgan fingerprint density at radius 3 is 2.05 bits per heavy atom. The van der Waals surface area contributed by atoms with Crippen molar-refractivity contribution in [3.05, 3.63) is 0 Å². The zero-order chi connectivity index (χ0) is 15.7. The highest BCUT2D eigenvalue weighted by Gasteiger charge is 2.31. The number of aliphatic hydroxyl groups excluding tert-OH is 2. The van der Waals surface area contributed by atoms with E-state index >= 15 is 0 Å². The third-order valence-electron chi connectivity index (χ3n) is 2.32. The average Bonchev–Trinajstić information content (AvgIpc) is 2.40. The van der Waals surface area contributed by atoms with Gasteiger partial charge >= 0.3 is 11.9 Å². The van der Waals surface area contributed by atoms with Crippen LogP contribution in [0.2, 0.25) is 0 Å². The van der Waals surface area contributed by atoms with Crippen molar-refractivity contribution in [3.8, 4) is 0 Å². The van der Waals surface area contributed by atoms with Crippen molar-refractivity contribution < 1.29 is 39.1 Å². The molecule has 8 heteroatoms. The summed E-state index contributed by atoms with van der Waals surface area (Å²) in [5.74, 6) is -2.92. The lowest BCUT2D eigenvalue weighted by Crippen LogP contribution is -2.41. The van der Waals surface area contributed by atoms with Crippen LogP contribution in [0.15, 0.2) is 0 Å². The topological polar surface area (TPSA) is 123 Å². The second kappa shape index (κ2) is 9.65. The minimum absolute atomic E-state index is 0.0995. The number of carboxylic acid groups (broad SMARTS) is 1. The summed E-state index contributed by atoms with van der Waals surface area (Å²) in [4.78, 5) is 21.6. The molecule has 3 N–H and O–H groups in total. The number of esters is 1. The summed E-state index contributed by atoms with van der Waals surface area (Å²) in [7, 11) is 0. The van der Waals surface area contributed by atoms with E-state index in [2.05, 4.69) is 4.74 Å². The molecule has 0 radical (unpaired) electrons. The second-order valence-corrected chi connectivity index (χ2v) is 4.27. The maximum atomic E-state index is 11.3. The Kier molecular flexibility index (Phi) is 9.06. The summed E-state index contributed by atoms with van der Waals surface area (Å²) in [5, 5.41) is 26.6. The maximum Gasteiger partial charge on any atom is 0.338 e. The molecule has 0 amide bonds. The van der Waals surface area contributed by atoms with Gasteiger partial charge in [-0.3, -0.25) is 0 Å². The van der Waals surface area contributed by atoms with Gasteiger partial charge in [0.15, 0.2) is 12.2 Å². The van der Waals surface area contributed by atoms with Gasteiger partial charge in [-0.25, -0.2) is 9.59 Å². The van der Waals surface area contributed by atoms with Crippen molar-refractivity contribution in [2.45, 2.75) is 45.2 Å². The molecule has 0 aromatic carbocycles. The van der Waals surface area contributed by atoms with Gasteiger partial charge < -0.3 is 29.5 Å². The number of hydrogen-bond acceptors (Lipinski definition) is 7. The van der Waals surface area contributed by atoms with E-state index in [0.29, 0.717) is 13.2 Å². The van der Waals surface area contributed by atoms with Gasteiger partial charge in [-0.2, -0.15) is 0 Å². The quantitative estimate of drug-likeness (QED) is 0.446. The zero-order valence-corrected chi connectivity index (χ0v) is 11.8. The number of carbonyl (C=O) groups is 2. The van der Waals surface area contributed by atoms with Crippen LogP contribution in [0.4, 0.5) is 0 Å². The number of ether oxygens (including phenoxy) is 3. The van der Waals surface area contributed by atoms with Crippen LogP contribution in [0.5, 0.6) is 0 Å². The van der Waals surface area contributed by atoms with E-state index in [4.69, 9.17) is 19.7 Å². The van der Waals surface area contributed by atoms with Crippen LogP contribution in [-0.4, -0.2) is 71.5 Å². The molecule has 0 aromatic rings. The normalized spacial score (nSPS) is 17.1. The van der Waals surface area contributed by atoms with Gasteiger partial charge in [0.1, 0.15) is 6.61 Å². The molecule has 0 bridgehead atoms. The third kappa shape index (κ3) is 7.39. The molecule has 0 aromatic heterocycles. The molecular weight excluding hydrogens is 272 g/mol. The van der Waals surface area contributed by atoms with Gasteiger partial charge in [0, 0.05) is 6.61 Å². The number of aliphatic hydroxyl groups is 2. The Morgan fingerprint density at radius 2 is 1.55 bits per heavy atom. The minimum Gasteiger partial charge on any atom is -0.479 e. The Morgan fingerprint density at radius 1 is 1.00 bits per heavy atom. The van der Waals surface area contributed by atoms with Gasteiger partial charge in [0.05, 0.1) is 18.8 Å². The Hall–Kier alpha value is -1.22. The Balaban J connectivity index is 3.97. The van der Waals surface area contributed by atoms with E-state index in [1.54, 1.807) is 6.92 Å². The molecule has 8 nitrogen and oxygen atoms in total. The van der Waals surface area contributed by atoms with Crippen molar-refractivity contribution in [3.63, 3.8) is 0 Å². The molecule has 0 spiro atoms. The van der Waals surface area contributed by atoms with Gasteiger partial charge in [-0.05, 0) is 20.8 Å². The molecule has 0 fully saturated rings. The summed E-state index contributed by atoms with van der Waals surface area (Å²) < 4.78 is 15.2. The van der Waals surface area contributed by atoms with Crippen molar-refractivity contribution in [1.82, 2.24) is 0 Å². The molecule has 0 aliphatic carbocycles. The van der Waals surface area contributed by atoms with Crippen LogP contribution >= 0.6 is 0 Å². The zero-order valence-electron chi connectivity index (χ0n) is 11.8. The average molecular weight is 294 g/mol. The van der Waals surface area contributed by atoms with Gasteiger partial charge in [-0.1, -0.05) is 0 Å². The molecule has 0 saturated heterocycles. The van der Waals surface area contributed by atoms with Crippen LogP contribution in [0.25, 0.3) is 0 Å². The standard InChI is InChI=1S/C12H22O8/c1-4-18-7(2)5-19-8(3)6-20-12(17)10(14)9(13)11(15)16/h7-10,13-14H,4-6H2,1-3H3,(H,15,16). The van der Waals surface area contributed by atoms with Gasteiger partial charge in [-0.15, -0.1) is 0 Å². The second-order valence-electron chi connectivity index (χ2n) is 4.27. The molecule has 0 aliphatic heterocycles. The molecule has 0 aliphatic rings. The molecule has 4 atom stereocenters. The summed E-state index contributed by atoms with van der Waals surface area (Å²) in [6.07, 6.45) is -4.88. The Bertz CT molecular complexity index is 306. The Labute approximate surface area is 117 Å². The third-order valence-corrected chi connectivity index (χ3v) is 2.32. The smallest absolute Gasteiger partial charge is 0.338 e. The first-order valence-electron chi connectivity index (χ1n) is 6.28. The van der Waals surface area contributed by atoms with Crippen LogP contribution in [-0.2, 0) is 23.8 Å². The molecule has 0 heterocycles. The molecule has 0 rings (SSSR count). The first-order valence-corrected chi connectivity index (χ1v) is 6.28. The summed E-state index contributed by atoms with van der Waals surface area (Å²) in [6, 6.07) is 0. The van der Waals surface area contributed by atoms with Gasteiger partial charge in [0.2, 0.25) is 0 Å². The largest absolute Gasteiger partial charge is 0.479 e. The van der Waals surface area contributed by atoms with E-state index in [1.165, 1.54) is 0 Å². The highest BCUT2D eigenvalue weighted by atomic mass is 16.6. The van der Waals surface area contributed by atoms with Crippen LogP contribution < -0.4 is 0 Å². The fourth-order valence-electron chi connectivity index (χ4n) is 1.23. The number of hydrogen-bond donors (Lipinski definition) is 3. The first kappa shape index (κ1) is 18.8. The highest BCUT2D eigenvalue weighted by Crippen LogP contribution is 2.01. The number of carbonyl (C=O) groups excluding carboxylic acids is 1. The lowest BCUT2D eigenvalue weighted by molar-refractivity contribution is -0.172. The van der Waals surface area contributed by atoms with Gasteiger partial charge in [0.25, 0.3) is 0 Å². The molecule has 118 valence electrons. The predicted octanol–water partition coefficient (Wildman–Crippen LogP) is -0.834. The summed E-state index contributed by atoms with van der Waals surface area (Å²) >= 11 is 0. The highest BCUT2D eigenvalue weighted by molar-refractivity contribution is 5.84. The number of carboxylic acids is 1. The first-order chi connectivity index (χ1) is 9.29. The van der Waals surface area contributed by atoms with Crippen molar-refractivity contribution >= 4 is 11.9 Å². The summed E-state index contributed by atoms with van der Waals surface area (Å²) in [5.41, 5.74) is 0. The molecule has 4 unspecified atom stereocenters. The fraction of sp³-hybridized carbons (Fsp3) is 0.833. The lowest BCUT2D eigenvalue weighted by atomic mass is 10.2. The van der Waals surface area contributed by atoms with E-state index in [9.17, 15) is 14.7 Å². The minimum atomic E-state index is -2.21. The number of aliphatic carboxylic acids is 1. The predicted molar refractivity (Wildman–Crippen MR) is 67.1 cm³/mol. The van der Waals surface area contributed by atoms with Crippen LogP contribution in [0.3, 0.4) is 0 Å². The van der Waals surface area contributed by atoms with Crippen molar-refractivity contribution in [2.75, 3.05) is 19.8 Å². The van der Waals surface area contributed by atoms with Crippen molar-refractivity contribution in [1.29, 1.82) is 0 Å². The van der Waals surface area contributed by atoms with Crippen LogP contribution in [0.1, 0.15) is 20.8 Å². The SMILES string of the molecule is CCOC(C)COC(C)COC(=O)C(O)C(O)C(=O)O. The fourth-order valence-corrected chi connectivity index (χ4v) is 1.23. The van der Waals surface area contributed by atoms with Crippen molar-refractivity contribution in [2.24, 2.45) is 0 Å². The van der Waals surface area contributed by atoms with E-state index in [0.717, 1.165) is 0 Å². The van der Waals surface area contributed by atoms with Crippen LogP contribution in [0, 0.1) is 0 Å². The monoisotopic (exact) mass is 294 g/mol. The number of rotatable bonds is 10.